The van der Waals surface area contributed by atoms with Crippen LogP contribution in [0.25, 0.3) is 33.1 Å². The number of nitrogens with one attached hydrogen (secondary N) is 2. The summed E-state index contributed by atoms with van der Waals surface area (Å²) in [6.07, 6.45) is -2.18. The van der Waals surface area contributed by atoms with Crippen molar-refractivity contribution >= 4 is 33.4 Å². The lowest BCUT2D eigenvalue weighted by molar-refractivity contribution is -0.137. The van der Waals surface area contributed by atoms with Crippen LogP contribution in [0.5, 0.6) is 0 Å². The molecule has 1 unspecified atom stereocenters. The van der Waals surface area contributed by atoms with Crippen molar-refractivity contribution in [2.75, 3.05) is 0 Å². The first kappa shape index (κ1) is 22.1. The molecule has 6 rings (SSSR count). The molecule has 36 heavy (non-hydrogen) atoms. The average Bonchev–Trinajstić information content (AvgIpc) is 3.61. The van der Waals surface area contributed by atoms with Crippen LogP contribution in [0, 0.1) is 0 Å². The van der Waals surface area contributed by atoms with Crippen molar-refractivity contribution in [3.63, 3.8) is 0 Å². The van der Waals surface area contributed by atoms with Crippen molar-refractivity contribution in [3.8, 4) is 11.3 Å². The number of amides is 1. The molecule has 1 aliphatic rings. The highest BCUT2D eigenvalue weighted by atomic mass is 19.4. The molecule has 9 heteroatoms. The zero-order chi connectivity index (χ0) is 25.0. The Balaban J connectivity index is 1.53. The topological polar surface area (TPSA) is 77.1 Å². The molecule has 0 fully saturated rings. The van der Waals surface area contributed by atoms with Crippen molar-refractivity contribution < 1.29 is 18.0 Å². The maximum atomic E-state index is 13.2. The summed E-state index contributed by atoms with van der Waals surface area (Å²) in [5.41, 5.74) is 4.11. The largest absolute Gasteiger partial charge is 0.416 e. The van der Waals surface area contributed by atoms with Crippen molar-refractivity contribution in [1.82, 2.24) is 20.0 Å². The molecule has 6 nitrogen and oxygen atoms in total. The van der Waals surface area contributed by atoms with Gasteiger partial charge in [0.25, 0.3) is 0 Å². The molecule has 4 heterocycles. The van der Waals surface area contributed by atoms with Gasteiger partial charge in [0.05, 0.1) is 33.9 Å². The van der Waals surface area contributed by atoms with Crippen LogP contribution in [0.2, 0.25) is 0 Å². The molecule has 0 spiro atoms. The van der Waals surface area contributed by atoms with Gasteiger partial charge in [0, 0.05) is 41.4 Å². The van der Waals surface area contributed by atoms with Gasteiger partial charge < -0.3 is 9.97 Å². The number of hydrazone groups is 1. The van der Waals surface area contributed by atoms with E-state index in [0.29, 0.717) is 23.4 Å². The Bertz CT molecular complexity index is 1630. The maximum absolute atomic E-state index is 13.2. The molecule has 0 saturated carbocycles. The first-order valence-corrected chi connectivity index (χ1v) is 11.4. The lowest BCUT2D eigenvalue weighted by Crippen LogP contribution is -2.25. The zero-order valence-electron chi connectivity index (χ0n) is 19.1. The minimum absolute atomic E-state index is 0.224. The fourth-order valence-electron chi connectivity index (χ4n) is 4.77. The number of carbonyl (C=O) groups is 1. The molecule has 1 aliphatic heterocycles. The van der Waals surface area contributed by atoms with Crippen LogP contribution >= 0.6 is 0 Å². The Morgan fingerprint density at radius 2 is 1.81 bits per heavy atom. The lowest BCUT2D eigenvalue weighted by atomic mass is 10.0. The second-order valence-corrected chi connectivity index (χ2v) is 8.78. The molecule has 0 saturated heterocycles. The third-order valence-electron chi connectivity index (χ3n) is 6.49. The molecule has 3 aromatic heterocycles. The van der Waals surface area contributed by atoms with E-state index in [1.807, 2.05) is 42.5 Å². The molecule has 1 amide bonds. The number of carbonyl (C=O) groups excluding carboxylic acids is 1. The van der Waals surface area contributed by atoms with E-state index in [9.17, 15) is 18.0 Å². The third-order valence-corrected chi connectivity index (χ3v) is 6.49. The number of nitrogens with zero attached hydrogens (tertiary/aromatic N) is 3. The first-order chi connectivity index (χ1) is 17.3. The van der Waals surface area contributed by atoms with E-state index < -0.39 is 17.8 Å². The number of para-hydroxylation sites is 1. The monoisotopic (exact) mass is 487 g/mol. The number of H-pyrrole nitrogens is 2. The number of alkyl halides is 3. The Morgan fingerprint density at radius 3 is 2.50 bits per heavy atom. The van der Waals surface area contributed by atoms with E-state index >= 15 is 0 Å². The van der Waals surface area contributed by atoms with Crippen LogP contribution < -0.4 is 0 Å². The van der Waals surface area contributed by atoms with Gasteiger partial charge in [0.15, 0.2) is 0 Å². The Morgan fingerprint density at radius 1 is 1.03 bits per heavy atom. The number of fused-ring (bicyclic) bond motifs is 3. The second kappa shape index (κ2) is 8.08. The molecular formula is C27H20F3N5O. The fraction of sp³-hybridized carbons (Fsp3) is 0.148. The number of benzene rings is 2. The second-order valence-electron chi connectivity index (χ2n) is 8.78. The number of hydrogen-bond acceptors (Lipinski definition) is 3. The lowest BCUT2D eigenvalue weighted by Gasteiger charge is -2.20. The normalized spacial score (nSPS) is 16.2. The standard InChI is InChI=1S/C27H20F3N5O/c1-15(36)35-24(14-22(34-35)21-7-4-12-31-21)23-13-19-18-5-2-3-6-20(18)32-26(19)25(33-23)16-8-10-17(11-9-16)27(28,29)30/h2-13,24,31-32H,14H2,1H3. The van der Waals surface area contributed by atoms with Gasteiger partial charge in [-0.25, -0.2) is 9.99 Å². The van der Waals surface area contributed by atoms with Crippen LogP contribution in [-0.2, 0) is 11.0 Å². The van der Waals surface area contributed by atoms with Crippen molar-refractivity contribution in [1.29, 1.82) is 0 Å². The number of hydrogen-bond donors (Lipinski definition) is 2. The molecule has 2 N–H and O–H groups in total. The number of aromatic nitrogens is 3. The number of aromatic amines is 2. The first-order valence-electron chi connectivity index (χ1n) is 11.4. The van der Waals surface area contributed by atoms with E-state index in [-0.39, 0.29) is 5.91 Å². The Labute approximate surface area is 203 Å². The summed E-state index contributed by atoms with van der Waals surface area (Å²) in [5, 5.41) is 7.82. The van der Waals surface area contributed by atoms with Gasteiger partial charge in [-0.1, -0.05) is 30.3 Å². The maximum Gasteiger partial charge on any atom is 0.416 e. The van der Waals surface area contributed by atoms with Gasteiger partial charge in [-0.3, -0.25) is 4.79 Å². The van der Waals surface area contributed by atoms with Gasteiger partial charge in [-0.05, 0) is 36.4 Å². The average molecular weight is 487 g/mol. The molecule has 0 radical (unpaired) electrons. The quantitative estimate of drug-likeness (QED) is 0.308. The van der Waals surface area contributed by atoms with Crippen LogP contribution in [0.15, 0.2) is 78.0 Å². The van der Waals surface area contributed by atoms with Gasteiger partial charge in [-0.2, -0.15) is 18.3 Å². The summed E-state index contributed by atoms with van der Waals surface area (Å²) in [4.78, 5) is 23.9. The summed E-state index contributed by atoms with van der Waals surface area (Å²) in [6.45, 7) is 1.45. The van der Waals surface area contributed by atoms with E-state index in [4.69, 9.17) is 4.98 Å². The van der Waals surface area contributed by atoms with Crippen molar-refractivity contribution in [3.05, 3.63) is 89.9 Å². The highest BCUT2D eigenvalue weighted by Crippen LogP contribution is 2.39. The summed E-state index contributed by atoms with van der Waals surface area (Å²) in [5.74, 6) is -0.224. The molecule has 180 valence electrons. The molecule has 0 bridgehead atoms. The minimum Gasteiger partial charge on any atom is -0.360 e. The number of rotatable bonds is 3. The predicted octanol–water partition coefficient (Wildman–Crippen LogP) is 6.43. The van der Waals surface area contributed by atoms with Gasteiger partial charge in [-0.15, -0.1) is 0 Å². The van der Waals surface area contributed by atoms with E-state index in [0.717, 1.165) is 45.3 Å². The van der Waals surface area contributed by atoms with E-state index in [2.05, 4.69) is 15.1 Å². The molecular weight excluding hydrogens is 467 g/mol. The highest BCUT2D eigenvalue weighted by Gasteiger charge is 2.34. The van der Waals surface area contributed by atoms with Crippen LogP contribution in [0.1, 0.15) is 36.3 Å². The van der Waals surface area contributed by atoms with E-state index in [1.54, 1.807) is 6.20 Å². The summed E-state index contributed by atoms with van der Waals surface area (Å²) in [6, 6.07) is 18.0. The fourth-order valence-corrected chi connectivity index (χ4v) is 4.77. The van der Waals surface area contributed by atoms with Crippen molar-refractivity contribution in [2.45, 2.75) is 25.6 Å². The molecule has 2 aromatic carbocycles. The number of halogens is 3. The molecule has 1 atom stereocenters. The minimum atomic E-state index is -4.43. The molecule has 0 aliphatic carbocycles. The summed E-state index contributed by atoms with van der Waals surface area (Å²) >= 11 is 0. The highest BCUT2D eigenvalue weighted by molar-refractivity contribution is 6.11. The van der Waals surface area contributed by atoms with Gasteiger partial charge in [0.1, 0.15) is 6.04 Å². The summed E-state index contributed by atoms with van der Waals surface area (Å²) < 4.78 is 39.5. The van der Waals surface area contributed by atoms with Gasteiger partial charge in [0.2, 0.25) is 5.91 Å². The van der Waals surface area contributed by atoms with Crippen LogP contribution in [0.3, 0.4) is 0 Å². The van der Waals surface area contributed by atoms with Crippen molar-refractivity contribution in [2.24, 2.45) is 5.10 Å². The van der Waals surface area contributed by atoms with Crippen LogP contribution in [-0.4, -0.2) is 31.6 Å². The van der Waals surface area contributed by atoms with E-state index in [1.165, 1.54) is 24.1 Å². The smallest absolute Gasteiger partial charge is 0.360 e. The SMILES string of the molecule is CC(=O)N1N=C(c2ccc[nH]2)CC1c1cc2c([nH]c3ccccc32)c(-c2ccc(C(F)(F)F)cc2)n1. The van der Waals surface area contributed by atoms with Crippen LogP contribution in [0.4, 0.5) is 13.2 Å². The Hall–Kier alpha value is -4.40. The molecule has 5 aromatic rings. The number of pyridine rings is 1. The predicted molar refractivity (Wildman–Crippen MR) is 131 cm³/mol. The van der Waals surface area contributed by atoms with Gasteiger partial charge >= 0.3 is 6.18 Å². The summed E-state index contributed by atoms with van der Waals surface area (Å²) in [7, 11) is 0. The zero-order valence-corrected chi connectivity index (χ0v) is 19.1. The Kier molecular flexibility index (Phi) is 4.96. The third kappa shape index (κ3) is 3.64.